The maximum Gasteiger partial charge on any atom is 0.119 e. The van der Waals surface area contributed by atoms with E-state index in [4.69, 9.17) is 4.74 Å². The summed E-state index contributed by atoms with van der Waals surface area (Å²) < 4.78 is 6.43. The molecule has 0 spiro atoms. The molecule has 0 saturated heterocycles. The SMILES string of the molecule is CCNC(Cc1cc(OC)ccc1Br)c1cncc(C)c1. The first-order chi connectivity index (χ1) is 10.1. The number of nitrogens with zero attached hydrogens (tertiary/aromatic N) is 1. The van der Waals surface area contributed by atoms with Gasteiger partial charge in [-0.3, -0.25) is 4.98 Å². The van der Waals surface area contributed by atoms with Crippen LogP contribution in [0.15, 0.2) is 41.1 Å². The number of pyridine rings is 1. The van der Waals surface area contributed by atoms with E-state index in [9.17, 15) is 0 Å². The van der Waals surface area contributed by atoms with Crippen LogP contribution in [0.3, 0.4) is 0 Å². The van der Waals surface area contributed by atoms with Crippen LogP contribution in [0.5, 0.6) is 5.75 Å². The molecular weight excluding hydrogens is 328 g/mol. The van der Waals surface area contributed by atoms with Crippen molar-refractivity contribution >= 4 is 15.9 Å². The Morgan fingerprint density at radius 2 is 2.10 bits per heavy atom. The fraction of sp³-hybridized carbons (Fsp3) is 0.353. The van der Waals surface area contributed by atoms with Gasteiger partial charge in [-0.1, -0.05) is 28.9 Å². The Morgan fingerprint density at radius 1 is 1.29 bits per heavy atom. The summed E-state index contributed by atoms with van der Waals surface area (Å²) >= 11 is 3.63. The molecule has 1 unspecified atom stereocenters. The van der Waals surface area contributed by atoms with Gasteiger partial charge >= 0.3 is 0 Å². The van der Waals surface area contributed by atoms with Crippen LogP contribution < -0.4 is 10.1 Å². The lowest BCUT2D eigenvalue weighted by Gasteiger charge is -2.19. The molecule has 2 aromatic rings. The Bertz CT molecular complexity index is 601. The van der Waals surface area contributed by atoms with Crippen molar-refractivity contribution in [2.75, 3.05) is 13.7 Å². The zero-order chi connectivity index (χ0) is 15.2. The van der Waals surface area contributed by atoms with Gasteiger partial charge in [-0.25, -0.2) is 0 Å². The van der Waals surface area contributed by atoms with Crippen molar-refractivity contribution in [1.29, 1.82) is 0 Å². The Labute approximate surface area is 134 Å². The van der Waals surface area contributed by atoms with Gasteiger partial charge in [-0.2, -0.15) is 0 Å². The van der Waals surface area contributed by atoms with Crippen LogP contribution in [-0.2, 0) is 6.42 Å². The second kappa shape index (κ2) is 7.57. The molecule has 1 N–H and O–H groups in total. The molecule has 1 aromatic heterocycles. The average Bonchev–Trinajstić information content (AvgIpc) is 2.49. The van der Waals surface area contributed by atoms with E-state index in [1.54, 1.807) is 7.11 Å². The van der Waals surface area contributed by atoms with Gasteiger partial charge in [0.25, 0.3) is 0 Å². The number of hydrogen-bond acceptors (Lipinski definition) is 3. The van der Waals surface area contributed by atoms with E-state index in [1.165, 1.54) is 16.7 Å². The molecule has 0 amide bonds. The number of aryl methyl sites for hydroxylation is 1. The van der Waals surface area contributed by atoms with Gasteiger partial charge in [-0.15, -0.1) is 0 Å². The molecule has 0 aliphatic carbocycles. The molecule has 0 saturated carbocycles. The van der Waals surface area contributed by atoms with Crippen LogP contribution >= 0.6 is 15.9 Å². The summed E-state index contributed by atoms with van der Waals surface area (Å²) in [6.07, 6.45) is 4.71. The predicted molar refractivity (Wildman–Crippen MR) is 89.8 cm³/mol. The minimum absolute atomic E-state index is 0.241. The fourth-order valence-corrected chi connectivity index (χ4v) is 2.79. The standard InChI is InChI=1S/C17H21BrN2O/c1-4-20-17(14-7-12(2)10-19-11-14)9-13-8-15(21-3)5-6-16(13)18/h5-8,10-11,17,20H,4,9H2,1-3H3. The van der Waals surface area contributed by atoms with Crippen LogP contribution in [0, 0.1) is 6.92 Å². The molecule has 0 aliphatic rings. The number of likely N-dealkylation sites (N-methyl/N-ethyl adjacent to an activating group) is 1. The largest absolute Gasteiger partial charge is 0.497 e. The third-order valence-electron chi connectivity index (χ3n) is 3.43. The van der Waals surface area contributed by atoms with Gasteiger partial charge in [0.1, 0.15) is 5.75 Å². The van der Waals surface area contributed by atoms with Gasteiger partial charge in [0, 0.05) is 22.9 Å². The summed E-state index contributed by atoms with van der Waals surface area (Å²) in [5, 5.41) is 3.54. The lowest BCUT2D eigenvalue weighted by Crippen LogP contribution is -2.23. The normalized spacial score (nSPS) is 12.2. The smallest absolute Gasteiger partial charge is 0.119 e. The monoisotopic (exact) mass is 348 g/mol. The van der Waals surface area contributed by atoms with Crippen LogP contribution in [0.2, 0.25) is 0 Å². The van der Waals surface area contributed by atoms with Gasteiger partial charge in [0.2, 0.25) is 0 Å². The quantitative estimate of drug-likeness (QED) is 0.854. The summed E-state index contributed by atoms with van der Waals surface area (Å²) in [5.74, 6) is 0.880. The van der Waals surface area contributed by atoms with Crippen LogP contribution in [0.1, 0.15) is 29.7 Å². The van der Waals surface area contributed by atoms with Gasteiger partial charge in [0.05, 0.1) is 7.11 Å². The van der Waals surface area contributed by atoms with E-state index in [1.807, 2.05) is 24.5 Å². The summed E-state index contributed by atoms with van der Waals surface area (Å²) in [6, 6.07) is 8.51. The van der Waals surface area contributed by atoms with E-state index in [-0.39, 0.29) is 6.04 Å². The van der Waals surface area contributed by atoms with E-state index >= 15 is 0 Å². The van der Waals surface area contributed by atoms with Crippen LogP contribution in [0.25, 0.3) is 0 Å². The first kappa shape index (κ1) is 16.0. The van der Waals surface area contributed by atoms with E-state index in [2.05, 4.69) is 52.2 Å². The highest BCUT2D eigenvalue weighted by Crippen LogP contribution is 2.27. The van der Waals surface area contributed by atoms with Crippen molar-refractivity contribution in [2.24, 2.45) is 0 Å². The maximum atomic E-state index is 5.32. The zero-order valence-electron chi connectivity index (χ0n) is 12.7. The van der Waals surface area contributed by atoms with Crippen molar-refractivity contribution < 1.29 is 4.74 Å². The second-order valence-electron chi connectivity index (χ2n) is 5.07. The number of ether oxygens (including phenoxy) is 1. The summed E-state index contributed by atoms with van der Waals surface area (Å²) in [6.45, 7) is 5.11. The first-order valence-electron chi connectivity index (χ1n) is 7.11. The molecule has 1 aromatic carbocycles. The number of halogens is 1. The van der Waals surface area contributed by atoms with Crippen molar-refractivity contribution in [3.8, 4) is 5.75 Å². The summed E-state index contributed by atoms with van der Waals surface area (Å²) in [5.41, 5.74) is 3.62. The highest BCUT2D eigenvalue weighted by molar-refractivity contribution is 9.10. The minimum atomic E-state index is 0.241. The molecule has 112 valence electrons. The van der Waals surface area contributed by atoms with Crippen molar-refractivity contribution in [3.05, 3.63) is 57.8 Å². The molecule has 0 radical (unpaired) electrons. The fourth-order valence-electron chi connectivity index (χ4n) is 2.38. The lowest BCUT2D eigenvalue weighted by atomic mass is 9.99. The Kier molecular flexibility index (Phi) is 5.76. The van der Waals surface area contributed by atoms with E-state index in [0.717, 1.165) is 23.2 Å². The van der Waals surface area contributed by atoms with Gasteiger partial charge in [-0.05, 0) is 54.8 Å². The zero-order valence-corrected chi connectivity index (χ0v) is 14.3. The first-order valence-corrected chi connectivity index (χ1v) is 7.90. The Balaban J connectivity index is 2.28. The lowest BCUT2D eigenvalue weighted by molar-refractivity contribution is 0.413. The number of aromatic nitrogens is 1. The Hall–Kier alpha value is -1.39. The summed E-state index contributed by atoms with van der Waals surface area (Å²) in [7, 11) is 1.69. The average molecular weight is 349 g/mol. The molecule has 0 bridgehead atoms. The molecule has 0 fully saturated rings. The molecule has 2 rings (SSSR count). The van der Waals surface area contributed by atoms with Gasteiger partial charge in [0.15, 0.2) is 0 Å². The number of nitrogens with one attached hydrogen (secondary N) is 1. The second-order valence-corrected chi connectivity index (χ2v) is 5.92. The molecule has 21 heavy (non-hydrogen) atoms. The van der Waals surface area contributed by atoms with Crippen LogP contribution in [0.4, 0.5) is 0 Å². The van der Waals surface area contributed by atoms with Crippen LogP contribution in [-0.4, -0.2) is 18.6 Å². The highest BCUT2D eigenvalue weighted by Gasteiger charge is 2.14. The molecule has 0 aliphatic heterocycles. The maximum absolute atomic E-state index is 5.32. The molecule has 1 atom stereocenters. The van der Waals surface area contributed by atoms with Gasteiger partial charge < -0.3 is 10.1 Å². The molecule has 1 heterocycles. The number of hydrogen-bond donors (Lipinski definition) is 1. The molecular formula is C17H21BrN2O. The highest BCUT2D eigenvalue weighted by atomic mass is 79.9. The minimum Gasteiger partial charge on any atom is -0.497 e. The van der Waals surface area contributed by atoms with Crippen molar-refractivity contribution in [2.45, 2.75) is 26.3 Å². The molecule has 4 heteroatoms. The third-order valence-corrected chi connectivity index (χ3v) is 4.20. The van der Waals surface area contributed by atoms with Crippen molar-refractivity contribution in [1.82, 2.24) is 10.3 Å². The van der Waals surface area contributed by atoms with E-state index < -0.39 is 0 Å². The predicted octanol–water partition coefficient (Wildman–Crippen LogP) is 4.05. The Morgan fingerprint density at radius 3 is 2.76 bits per heavy atom. The molecule has 3 nitrogen and oxygen atoms in total. The number of methoxy groups -OCH3 is 1. The number of benzene rings is 1. The topological polar surface area (TPSA) is 34.1 Å². The third kappa shape index (κ3) is 4.29. The number of rotatable bonds is 6. The van der Waals surface area contributed by atoms with E-state index in [0.29, 0.717) is 0 Å². The van der Waals surface area contributed by atoms with Crippen molar-refractivity contribution in [3.63, 3.8) is 0 Å². The summed E-state index contributed by atoms with van der Waals surface area (Å²) in [4.78, 5) is 4.31.